The first-order chi connectivity index (χ1) is 14.1. The molecular weight excluding hydrogens is 358 g/mol. The highest BCUT2D eigenvalue weighted by molar-refractivity contribution is 6.07. The fraction of sp³-hybridized carbons (Fsp3) is 0.360. The number of hydrogen-bond donors (Lipinski definition) is 1. The quantitative estimate of drug-likeness (QED) is 0.712. The molecule has 4 heteroatoms. The molecule has 3 aromatic rings. The molecule has 0 aliphatic carbocycles. The van der Waals surface area contributed by atoms with Crippen molar-refractivity contribution in [2.75, 3.05) is 26.7 Å². The molecule has 2 heterocycles. The number of aryl methyl sites for hydroxylation is 2. The Morgan fingerprint density at radius 2 is 1.86 bits per heavy atom. The summed E-state index contributed by atoms with van der Waals surface area (Å²) in [6, 6.07) is 16.3. The Balaban J connectivity index is 1.72. The molecule has 29 heavy (non-hydrogen) atoms. The lowest BCUT2D eigenvalue weighted by Gasteiger charge is -2.32. The van der Waals surface area contributed by atoms with Crippen molar-refractivity contribution in [2.24, 2.45) is 5.92 Å². The molecule has 0 spiro atoms. The van der Waals surface area contributed by atoms with Crippen molar-refractivity contribution >= 4 is 16.8 Å². The summed E-state index contributed by atoms with van der Waals surface area (Å²) in [6.07, 6.45) is 2.11. The van der Waals surface area contributed by atoms with E-state index >= 15 is 0 Å². The third-order valence-electron chi connectivity index (χ3n) is 6.00. The largest absolute Gasteiger partial charge is 0.339 e. The van der Waals surface area contributed by atoms with Gasteiger partial charge in [-0.25, -0.2) is 4.98 Å². The monoisotopic (exact) mass is 387 g/mol. The highest BCUT2D eigenvalue weighted by Crippen LogP contribution is 2.29. The Morgan fingerprint density at radius 1 is 1.10 bits per heavy atom. The van der Waals surface area contributed by atoms with Gasteiger partial charge >= 0.3 is 0 Å². The lowest BCUT2D eigenvalue weighted by molar-refractivity contribution is 0.0693. The lowest BCUT2D eigenvalue weighted by atomic mass is 9.95. The van der Waals surface area contributed by atoms with Crippen LogP contribution in [0.3, 0.4) is 0 Å². The first-order valence-electron chi connectivity index (χ1n) is 10.5. The van der Waals surface area contributed by atoms with Crippen LogP contribution in [0.5, 0.6) is 0 Å². The SMILES string of the molecule is CNCC1CCN(C(=O)c2cc(-c3ccc(C)cc3C)nc3ccccc23)CC1. The molecular formula is C25H29N3O. The van der Waals surface area contributed by atoms with E-state index in [0.717, 1.165) is 60.2 Å². The number of hydrogen-bond acceptors (Lipinski definition) is 3. The third kappa shape index (κ3) is 4.03. The van der Waals surface area contributed by atoms with Gasteiger partial charge in [0.2, 0.25) is 0 Å². The predicted octanol–water partition coefficient (Wildman–Crippen LogP) is 4.59. The fourth-order valence-electron chi connectivity index (χ4n) is 4.39. The lowest BCUT2D eigenvalue weighted by Crippen LogP contribution is -2.40. The minimum Gasteiger partial charge on any atom is -0.339 e. The zero-order chi connectivity index (χ0) is 20.4. The maximum absolute atomic E-state index is 13.5. The van der Waals surface area contributed by atoms with Gasteiger partial charge in [-0.2, -0.15) is 0 Å². The van der Waals surface area contributed by atoms with Gasteiger partial charge in [0.25, 0.3) is 5.91 Å². The van der Waals surface area contributed by atoms with Crippen molar-refractivity contribution < 1.29 is 4.79 Å². The average Bonchev–Trinajstić information content (AvgIpc) is 2.73. The number of piperidine rings is 1. The van der Waals surface area contributed by atoms with E-state index in [-0.39, 0.29) is 5.91 Å². The number of nitrogens with one attached hydrogen (secondary N) is 1. The van der Waals surface area contributed by atoms with E-state index in [9.17, 15) is 4.79 Å². The summed E-state index contributed by atoms with van der Waals surface area (Å²) in [5, 5.41) is 4.19. The fourth-order valence-corrected chi connectivity index (χ4v) is 4.39. The summed E-state index contributed by atoms with van der Waals surface area (Å²) in [5.74, 6) is 0.779. The van der Waals surface area contributed by atoms with Crippen LogP contribution in [0.4, 0.5) is 0 Å². The zero-order valence-corrected chi connectivity index (χ0v) is 17.5. The second-order valence-corrected chi connectivity index (χ2v) is 8.18. The highest BCUT2D eigenvalue weighted by Gasteiger charge is 2.25. The molecule has 0 saturated carbocycles. The Bertz CT molecular complexity index is 1040. The summed E-state index contributed by atoms with van der Waals surface area (Å²) in [5.41, 5.74) is 6.00. The topological polar surface area (TPSA) is 45.2 Å². The van der Waals surface area contributed by atoms with E-state index in [2.05, 4.69) is 37.4 Å². The number of fused-ring (bicyclic) bond motifs is 1. The predicted molar refractivity (Wildman–Crippen MR) is 119 cm³/mol. The summed E-state index contributed by atoms with van der Waals surface area (Å²) in [4.78, 5) is 20.4. The number of amides is 1. The third-order valence-corrected chi connectivity index (χ3v) is 6.00. The molecule has 4 rings (SSSR count). The van der Waals surface area contributed by atoms with Crippen LogP contribution in [0.25, 0.3) is 22.2 Å². The van der Waals surface area contributed by atoms with E-state index in [1.54, 1.807) is 0 Å². The molecule has 150 valence electrons. The van der Waals surface area contributed by atoms with E-state index in [0.29, 0.717) is 5.92 Å². The molecule has 1 aliphatic rings. The van der Waals surface area contributed by atoms with Gasteiger partial charge in [-0.05, 0) is 63.9 Å². The number of nitrogens with zero attached hydrogens (tertiary/aromatic N) is 2. The van der Waals surface area contributed by atoms with Crippen molar-refractivity contribution in [3.8, 4) is 11.3 Å². The number of benzene rings is 2. The van der Waals surface area contributed by atoms with E-state index in [4.69, 9.17) is 4.98 Å². The first kappa shape index (κ1) is 19.6. The van der Waals surface area contributed by atoms with Gasteiger partial charge in [-0.1, -0.05) is 42.0 Å². The summed E-state index contributed by atoms with van der Waals surface area (Å²) in [7, 11) is 2.00. The first-order valence-corrected chi connectivity index (χ1v) is 10.5. The van der Waals surface area contributed by atoms with Crippen molar-refractivity contribution in [1.82, 2.24) is 15.2 Å². The normalized spacial score (nSPS) is 15.1. The zero-order valence-electron chi connectivity index (χ0n) is 17.5. The minimum atomic E-state index is 0.123. The van der Waals surface area contributed by atoms with Crippen molar-refractivity contribution in [2.45, 2.75) is 26.7 Å². The standard InChI is InChI=1S/C25H29N3O/c1-17-8-9-20(18(2)14-17)24-15-22(21-6-4-5-7-23(21)27-24)25(29)28-12-10-19(11-13-28)16-26-3/h4-9,14-15,19,26H,10-13,16H2,1-3H3. The summed E-state index contributed by atoms with van der Waals surface area (Å²) in [6.45, 7) is 6.86. The van der Waals surface area contributed by atoms with E-state index in [1.165, 1.54) is 11.1 Å². The Kier molecular flexibility index (Phi) is 5.63. The number of carbonyl (C=O) groups is 1. The highest BCUT2D eigenvalue weighted by atomic mass is 16.2. The molecule has 1 amide bonds. The Hall–Kier alpha value is -2.72. The smallest absolute Gasteiger partial charge is 0.254 e. The number of rotatable bonds is 4. The van der Waals surface area contributed by atoms with E-state index in [1.807, 2.05) is 42.3 Å². The molecule has 0 bridgehead atoms. The second-order valence-electron chi connectivity index (χ2n) is 8.18. The van der Waals surface area contributed by atoms with E-state index < -0.39 is 0 Å². The summed E-state index contributed by atoms with van der Waals surface area (Å²) < 4.78 is 0. The molecule has 1 N–H and O–H groups in total. The maximum Gasteiger partial charge on any atom is 0.254 e. The molecule has 0 unspecified atom stereocenters. The Morgan fingerprint density at radius 3 is 2.59 bits per heavy atom. The molecule has 4 nitrogen and oxygen atoms in total. The van der Waals surface area contributed by atoms with Crippen molar-refractivity contribution in [3.63, 3.8) is 0 Å². The molecule has 0 atom stereocenters. The Labute approximate surface area is 173 Å². The second kappa shape index (κ2) is 8.34. The molecule has 1 aliphatic heterocycles. The number of carbonyl (C=O) groups excluding carboxylic acids is 1. The number of likely N-dealkylation sites (tertiary alicyclic amines) is 1. The van der Waals surface area contributed by atoms with Gasteiger partial charge < -0.3 is 10.2 Å². The summed E-state index contributed by atoms with van der Waals surface area (Å²) >= 11 is 0. The van der Waals surface area contributed by atoms with Gasteiger partial charge in [0, 0.05) is 24.0 Å². The van der Waals surface area contributed by atoms with Gasteiger partial charge in [0.05, 0.1) is 16.8 Å². The van der Waals surface area contributed by atoms with Crippen LogP contribution in [0, 0.1) is 19.8 Å². The van der Waals surface area contributed by atoms with Crippen LogP contribution in [-0.2, 0) is 0 Å². The number of pyridine rings is 1. The number of para-hydroxylation sites is 1. The average molecular weight is 388 g/mol. The van der Waals surface area contributed by atoms with Crippen LogP contribution in [0.2, 0.25) is 0 Å². The van der Waals surface area contributed by atoms with Crippen LogP contribution >= 0.6 is 0 Å². The maximum atomic E-state index is 13.5. The van der Waals surface area contributed by atoms with Crippen molar-refractivity contribution in [3.05, 3.63) is 65.2 Å². The van der Waals surface area contributed by atoms with Gasteiger partial charge in [-0.15, -0.1) is 0 Å². The van der Waals surface area contributed by atoms with Gasteiger partial charge in [0.15, 0.2) is 0 Å². The van der Waals surface area contributed by atoms with Crippen molar-refractivity contribution in [1.29, 1.82) is 0 Å². The van der Waals surface area contributed by atoms with Gasteiger partial charge in [-0.3, -0.25) is 4.79 Å². The number of aromatic nitrogens is 1. The molecule has 2 aromatic carbocycles. The molecule has 0 radical (unpaired) electrons. The molecule has 1 fully saturated rings. The van der Waals surface area contributed by atoms with Crippen LogP contribution in [-0.4, -0.2) is 42.5 Å². The molecule has 1 aromatic heterocycles. The van der Waals surface area contributed by atoms with Crippen LogP contribution in [0.15, 0.2) is 48.5 Å². The van der Waals surface area contributed by atoms with Gasteiger partial charge in [0.1, 0.15) is 0 Å². The molecule has 1 saturated heterocycles. The van der Waals surface area contributed by atoms with Crippen LogP contribution < -0.4 is 5.32 Å². The van der Waals surface area contributed by atoms with Crippen LogP contribution in [0.1, 0.15) is 34.3 Å². The minimum absolute atomic E-state index is 0.123.